The van der Waals surface area contributed by atoms with Crippen LogP contribution in [0.2, 0.25) is 0 Å². The van der Waals surface area contributed by atoms with Crippen molar-refractivity contribution in [1.82, 2.24) is 0 Å². The van der Waals surface area contributed by atoms with Crippen LogP contribution in [0, 0.1) is 5.92 Å². The van der Waals surface area contributed by atoms with Crippen molar-refractivity contribution in [1.29, 1.82) is 0 Å². The molecule has 0 bridgehead atoms. The fraction of sp³-hybridized carbons (Fsp3) is 0.846. The average molecular weight is 226 g/mol. The molecule has 3 heteroatoms. The van der Waals surface area contributed by atoms with E-state index in [0.717, 1.165) is 44.9 Å². The molecule has 16 heavy (non-hydrogen) atoms. The third-order valence-electron chi connectivity index (χ3n) is 3.14. The second-order valence-electron chi connectivity index (χ2n) is 4.59. The summed E-state index contributed by atoms with van der Waals surface area (Å²) in [6.07, 6.45) is 8.46. The Morgan fingerprint density at radius 1 is 1.12 bits per heavy atom. The van der Waals surface area contributed by atoms with Gasteiger partial charge in [0.2, 0.25) is 0 Å². The van der Waals surface area contributed by atoms with Gasteiger partial charge in [-0.05, 0) is 19.3 Å². The first-order valence-electron chi connectivity index (χ1n) is 6.48. The van der Waals surface area contributed by atoms with Crippen molar-refractivity contribution < 1.29 is 14.3 Å². The van der Waals surface area contributed by atoms with E-state index in [0.29, 0.717) is 6.42 Å². The molecule has 92 valence electrons. The van der Waals surface area contributed by atoms with Gasteiger partial charge in [-0.1, -0.05) is 39.0 Å². The molecule has 0 radical (unpaired) electrons. The topological polar surface area (TPSA) is 43.4 Å². The van der Waals surface area contributed by atoms with Crippen LogP contribution in [0.3, 0.4) is 0 Å². The second kappa shape index (κ2) is 7.42. The van der Waals surface area contributed by atoms with Crippen LogP contribution in [0.4, 0.5) is 0 Å². The quantitative estimate of drug-likeness (QED) is 0.410. The molecular formula is C13H22O3. The van der Waals surface area contributed by atoms with Crippen LogP contribution >= 0.6 is 0 Å². The Labute approximate surface area is 97.5 Å². The highest BCUT2D eigenvalue weighted by Crippen LogP contribution is 2.24. The lowest BCUT2D eigenvalue weighted by molar-refractivity contribution is -0.163. The lowest BCUT2D eigenvalue weighted by Crippen LogP contribution is -2.23. The zero-order chi connectivity index (χ0) is 11.8. The van der Waals surface area contributed by atoms with Gasteiger partial charge in [-0.2, -0.15) is 0 Å². The summed E-state index contributed by atoms with van der Waals surface area (Å²) in [6, 6.07) is 0. The first kappa shape index (κ1) is 13.2. The van der Waals surface area contributed by atoms with Crippen LogP contribution in [0.25, 0.3) is 0 Å². The van der Waals surface area contributed by atoms with Gasteiger partial charge in [0.25, 0.3) is 0 Å². The largest absolute Gasteiger partial charge is 0.393 e. The monoisotopic (exact) mass is 226 g/mol. The van der Waals surface area contributed by atoms with Crippen molar-refractivity contribution in [2.45, 2.75) is 64.7 Å². The predicted octanol–water partition coefficient (Wildman–Crippen LogP) is 3.22. The normalized spacial score (nSPS) is 17.1. The molecule has 0 unspecified atom stereocenters. The van der Waals surface area contributed by atoms with Crippen molar-refractivity contribution in [3.8, 4) is 0 Å². The van der Waals surface area contributed by atoms with Crippen molar-refractivity contribution in [3.05, 3.63) is 0 Å². The van der Waals surface area contributed by atoms with Crippen LogP contribution in [0.5, 0.6) is 0 Å². The Hall–Kier alpha value is -0.860. The summed E-state index contributed by atoms with van der Waals surface area (Å²) in [6.45, 7) is 2.08. The second-order valence-corrected chi connectivity index (χ2v) is 4.59. The van der Waals surface area contributed by atoms with Crippen LogP contribution < -0.4 is 0 Å². The summed E-state index contributed by atoms with van der Waals surface area (Å²) in [7, 11) is 0. The van der Waals surface area contributed by atoms with E-state index in [4.69, 9.17) is 4.74 Å². The van der Waals surface area contributed by atoms with E-state index in [9.17, 15) is 9.59 Å². The predicted molar refractivity (Wildman–Crippen MR) is 61.8 cm³/mol. The Morgan fingerprint density at radius 3 is 2.44 bits per heavy atom. The summed E-state index contributed by atoms with van der Waals surface area (Å²) in [4.78, 5) is 22.9. The molecule has 0 aromatic heterocycles. The number of hydrogen-bond acceptors (Lipinski definition) is 3. The number of carbonyl (C=O) groups is 2. The molecule has 0 saturated heterocycles. The fourth-order valence-electron chi connectivity index (χ4n) is 2.10. The molecular weight excluding hydrogens is 204 g/mol. The Morgan fingerprint density at radius 2 is 1.81 bits per heavy atom. The van der Waals surface area contributed by atoms with Crippen molar-refractivity contribution in [2.24, 2.45) is 5.92 Å². The van der Waals surface area contributed by atoms with Crippen molar-refractivity contribution >= 4 is 11.9 Å². The SMILES string of the molecule is CCCCCC(=O)OC(=O)C1CCCCC1. The zero-order valence-electron chi connectivity index (χ0n) is 10.2. The molecule has 3 nitrogen and oxygen atoms in total. The Bertz CT molecular complexity index is 229. The highest BCUT2D eigenvalue weighted by molar-refractivity contribution is 5.86. The van der Waals surface area contributed by atoms with Gasteiger partial charge in [-0.3, -0.25) is 9.59 Å². The van der Waals surface area contributed by atoms with Gasteiger partial charge >= 0.3 is 11.9 Å². The lowest BCUT2D eigenvalue weighted by atomic mass is 9.89. The fourth-order valence-corrected chi connectivity index (χ4v) is 2.10. The molecule has 0 N–H and O–H groups in total. The van der Waals surface area contributed by atoms with Gasteiger partial charge < -0.3 is 4.74 Å². The molecule has 1 saturated carbocycles. The highest BCUT2D eigenvalue weighted by Gasteiger charge is 2.24. The van der Waals surface area contributed by atoms with Gasteiger partial charge in [0.15, 0.2) is 0 Å². The number of unbranched alkanes of at least 4 members (excludes halogenated alkanes) is 2. The first-order chi connectivity index (χ1) is 7.74. The molecule has 0 spiro atoms. The first-order valence-corrected chi connectivity index (χ1v) is 6.48. The van der Waals surface area contributed by atoms with Gasteiger partial charge in [-0.15, -0.1) is 0 Å². The third-order valence-corrected chi connectivity index (χ3v) is 3.14. The van der Waals surface area contributed by atoms with E-state index in [2.05, 4.69) is 6.92 Å². The average Bonchev–Trinajstić information content (AvgIpc) is 2.30. The summed E-state index contributed by atoms with van der Waals surface area (Å²) in [5.41, 5.74) is 0. The van der Waals surface area contributed by atoms with E-state index < -0.39 is 0 Å². The van der Waals surface area contributed by atoms with Crippen LogP contribution in [0.15, 0.2) is 0 Å². The van der Waals surface area contributed by atoms with E-state index in [1.54, 1.807) is 0 Å². The molecule has 0 aromatic carbocycles. The summed E-state index contributed by atoms with van der Waals surface area (Å²) >= 11 is 0. The standard InChI is InChI=1S/C13H22O3/c1-2-3-5-10-12(14)16-13(15)11-8-6-4-7-9-11/h11H,2-10H2,1H3. The van der Waals surface area contributed by atoms with Crippen LogP contribution in [-0.2, 0) is 14.3 Å². The maximum absolute atomic E-state index is 11.6. The minimum absolute atomic E-state index is 0.0242. The zero-order valence-corrected chi connectivity index (χ0v) is 10.2. The van der Waals surface area contributed by atoms with Crippen molar-refractivity contribution in [3.63, 3.8) is 0 Å². The molecule has 0 amide bonds. The van der Waals surface area contributed by atoms with Crippen LogP contribution in [0.1, 0.15) is 64.7 Å². The molecule has 0 aromatic rings. The number of ether oxygens (including phenoxy) is 1. The summed E-state index contributed by atoms with van der Waals surface area (Å²) in [5.74, 6) is -0.658. The maximum atomic E-state index is 11.6. The third kappa shape index (κ3) is 4.77. The molecule has 1 aliphatic rings. The number of carbonyl (C=O) groups excluding carboxylic acids is 2. The number of hydrogen-bond donors (Lipinski definition) is 0. The summed E-state index contributed by atoms with van der Waals surface area (Å²) in [5, 5.41) is 0. The van der Waals surface area contributed by atoms with Gasteiger partial charge in [0.1, 0.15) is 0 Å². The summed E-state index contributed by atoms with van der Waals surface area (Å²) < 4.78 is 4.86. The Balaban J connectivity index is 2.19. The molecule has 1 rings (SSSR count). The molecule has 1 fully saturated rings. The minimum atomic E-state index is -0.343. The molecule has 0 aliphatic heterocycles. The van der Waals surface area contributed by atoms with Gasteiger partial charge in [-0.25, -0.2) is 0 Å². The van der Waals surface area contributed by atoms with E-state index in [1.807, 2.05) is 0 Å². The number of rotatable bonds is 5. The maximum Gasteiger partial charge on any atom is 0.316 e. The molecule has 0 heterocycles. The van der Waals surface area contributed by atoms with E-state index >= 15 is 0 Å². The molecule has 0 atom stereocenters. The lowest BCUT2D eigenvalue weighted by Gasteiger charge is -2.19. The minimum Gasteiger partial charge on any atom is -0.393 e. The smallest absolute Gasteiger partial charge is 0.316 e. The van der Waals surface area contributed by atoms with E-state index in [-0.39, 0.29) is 17.9 Å². The van der Waals surface area contributed by atoms with Crippen LogP contribution in [-0.4, -0.2) is 11.9 Å². The van der Waals surface area contributed by atoms with Gasteiger partial charge in [0.05, 0.1) is 5.92 Å². The highest BCUT2D eigenvalue weighted by atomic mass is 16.6. The molecule has 1 aliphatic carbocycles. The number of esters is 2. The Kier molecular flexibility index (Phi) is 6.12. The van der Waals surface area contributed by atoms with Crippen molar-refractivity contribution in [2.75, 3.05) is 0 Å². The van der Waals surface area contributed by atoms with Gasteiger partial charge in [0, 0.05) is 6.42 Å². The van der Waals surface area contributed by atoms with E-state index in [1.165, 1.54) is 6.42 Å².